The van der Waals surface area contributed by atoms with Crippen molar-refractivity contribution in [3.8, 4) is 0 Å². The summed E-state index contributed by atoms with van der Waals surface area (Å²) in [4.78, 5) is 6.79. The maximum atomic E-state index is 5.13. The van der Waals surface area contributed by atoms with E-state index in [2.05, 4.69) is 41.5 Å². The zero-order valence-electron chi connectivity index (χ0n) is 12.8. The Morgan fingerprint density at radius 3 is 2.77 bits per heavy atom. The van der Waals surface area contributed by atoms with Crippen molar-refractivity contribution in [3.63, 3.8) is 0 Å². The van der Waals surface area contributed by atoms with Gasteiger partial charge in [-0.05, 0) is 66.2 Å². The highest BCUT2D eigenvalue weighted by atomic mass is 79.9. The zero-order chi connectivity index (χ0) is 15.4. The van der Waals surface area contributed by atoms with Gasteiger partial charge >= 0.3 is 0 Å². The molecule has 0 bridgehead atoms. The van der Waals surface area contributed by atoms with Crippen LogP contribution in [-0.2, 0) is 6.54 Å². The molecule has 3 rings (SSSR count). The van der Waals surface area contributed by atoms with E-state index >= 15 is 0 Å². The molecule has 0 amide bonds. The van der Waals surface area contributed by atoms with Gasteiger partial charge in [-0.2, -0.15) is 0 Å². The van der Waals surface area contributed by atoms with Gasteiger partial charge in [-0.15, -0.1) is 5.11 Å². The van der Waals surface area contributed by atoms with Crippen molar-refractivity contribution >= 4 is 21.7 Å². The second-order valence-corrected chi connectivity index (χ2v) is 7.29. The molecule has 22 heavy (non-hydrogen) atoms. The van der Waals surface area contributed by atoms with E-state index < -0.39 is 0 Å². The van der Waals surface area contributed by atoms with E-state index in [0.717, 1.165) is 35.1 Å². The third-order valence-corrected chi connectivity index (χ3v) is 5.29. The normalized spacial score (nSPS) is 20.8. The average Bonchev–Trinajstić information content (AvgIpc) is 3.28. The van der Waals surface area contributed by atoms with Crippen LogP contribution >= 0.6 is 15.9 Å². The van der Waals surface area contributed by atoms with Crippen molar-refractivity contribution in [1.82, 2.24) is 15.2 Å². The van der Waals surface area contributed by atoms with Gasteiger partial charge in [0.2, 0.25) is 0 Å². The summed E-state index contributed by atoms with van der Waals surface area (Å²) in [5.41, 5.74) is 1.76. The second kappa shape index (κ2) is 7.02. The van der Waals surface area contributed by atoms with Gasteiger partial charge in [0.05, 0.1) is 0 Å². The van der Waals surface area contributed by atoms with Crippen LogP contribution in [0.25, 0.3) is 0 Å². The van der Waals surface area contributed by atoms with E-state index in [1.54, 1.807) is 6.20 Å². The fourth-order valence-corrected chi connectivity index (χ4v) is 3.52. The molecule has 0 atom stereocenters. The van der Waals surface area contributed by atoms with Crippen LogP contribution in [0.3, 0.4) is 0 Å². The SMILES string of the molecule is NN=Nc1ncc(Br)cc1CNCCN1CCC2(CC1)CC2. The molecule has 1 saturated carbocycles. The lowest BCUT2D eigenvalue weighted by Gasteiger charge is -2.32. The molecule has 0 radical (unpaired) electrons. The molecule has 2 aliphatic rings. The van der Waals surface area contributed by atoms with Crippen molar-refractivity contribution in [2.24, 2.45) is 21.6 Å². The highest BCUT2D eigenvalue weighted by Gasteiger charge is 2.44. The Bertz CT molecular complexity index is 533. The van der Waals surface area contributed by atoms with Gasteiger partial charge in [0.25, 0.3) is 0 Å². The van der Waals surface area contributed by atoms with Crippen molar-refractivity contribution in [2.45, 2.75) is 32.2 Å². The molecule has 0 unspecified atom stereocenters. The molecule has 2 fully saturated rings. The van der Waals surface area contributed by atoms with Crippen molar-refractivity contribution in [3.05, 3.63) is 22.3 Å². The summed E-state index contributed by atoms with van der Waals surface area (Å²) in [7, 11) is 0. The summed E-state index contributed by atoms with van der Waals surface area (Å²) < 4.78 is 0.936. The molecule has 1 aliphatic heterocycles. The van der Waals surface area contributed by atoms with E-state index in [9.17, 15) is 0 Å². The largest absolute Gasteiger partial charge is 0.311 e. The van der Waals surface area contributed by atoms with Crippen LogP contribution in [0.4, 0.5) is 5.82 Å². The van der Waals surface area contributed by atoms with Gasteiger partial charge in [-0.25, -0.2) is 4.98 Å². The highest BCUT2D eigenvalue weighted by molar-refractivity contribution is 9.10. The third kappa shape index (κ3) is 4.02. The first kappa shape index (κ1) is 15.8. The second-order valence-electron chi connectivity index (χ2n) is 6.37. The standard InChI is InChI=1S/C15H23BrN6/c16-13-9-12(14(19-11-13)20-21-17)10-18-5-8-22-6-3-15(1-2-15)4-7-22/h9,11,18H,1-8,10H2,(H2,17,19,20). The first-order valence-electron chi connectivity index (χ1n) is 7.89. The number of nitrogens with zero attached hydrogens (tertiary/aromatic N) is 4. The van der Waals surface area contributed by atoms with Crippen LogP contribution in [-0.4, -0.2) is 36.1 Å². The Labute approximate surface area is 139 Å². The number of pyridine rings is 1. The van der Waals surface area contributed by atoms with Gasteiger partial charge in [-0.3, -0.25) is 0 Å². The fraction of sp³-hybridized carbons (Fsp3) is 0.667. The van der Waals surface area contributed by atoms with E-state index in [0.29, 0.717) is 5.82 Å². The molecule has 1 aromatic rings. The lowest BCUT2D eigenvalue weighted by molar-refractivity contribution is 0.173. The number of nitrogens with two attached hydrogens (primary N) is 1. The number of hydrogen-bond acceptors (Lipinski definition) is 5. The maximum Gasteiger partial charge on any atom is 0.180 e. The Morgan fingerprint density at radius 1 is 1.32 bits per heavy atom. The number of halogens is 1. The minimum absolute atomic E-state index is 0.576. The number of nitrogens with one attached hydrogen (secondary N) is 1. The minimum Gasteiger partial charge on any atom is -0.311 e. The Morgan fingerprint density at radius 2 is 2.09 bits per heavy atom. The first-order valence-corrected chi connectivity index (χ1v) is 8.69. The highest BCUT2D eigenvalue weighted by Crippen LogP contribution is 2.53. The van der Waals surface area contributed by atoms with Gasteiger partial charge < -0.3 is 16.1 Å². The van der Waals surface area contributed by atoms with Crippen LogP contribution in [0.5, 0.6) is 0 Å². The summed E-state index contributed by atoms with van der Waals surface area (Å²) in [5.74, 6) is 5.70. The topological polar surface area (TPSA) is 78.9 Å². The van der Waals surface area contributed by atoms with Gasteiger partial charge in [0, 0.05) is 35.9 Å². The Hall–Kier alpha value is -1.05. The van der Waals surface area contributed by atoms with Gasteiger partial charge in [0.15, 0.2) is 5.82 Å². The summed E-state index contributed by atoms with van der Waals surface area (Å²) in [5, 5.41) is 10.7. The minimum atomic E-state index is 0.576. The molecule has 1 saturated heterocycles. The molecule has 6 nitrogen and oxygen atoms in total. The quantitative estimate of drug-likeness (QED) is 0.351. The van der Waals surface area contributed by atoms with Crippen LogP contribution in [0, 0.1) is 5.41 Å². The smallest absolute Gasteiger partial charge is 0.180 e. The summed E-state index contributed by atoms with van der Waals surface area (Å²) >= 11 is 3.43. The molecule has 7 heteroatoms. The van der Waals surface area contributed by atoms with Crippen molar-refractivity contribution in [2.75, 3.05) is 26.2 Å². The first-order chi connectivity index (χ1) is 10.7. The van der Waals surface area contributed by atoms with E-state index in [1.165, 1.54) is 38.8 Å². The molecule has 1 aromatic heterocycles. The Kier molecular flexibility index (Phi) is 5.05. The summed E-state index contributed by atoms with van der Waals surface area (Å²) in [6, 6.07) is 2.00. The van der Waals surface area contributed by atoms with E-state index in [4.69, 9.17) is 5.84 Å². The molecule has 3 N–H and O–H groups in total. The number of aromatic nitrogens is 1. The van der Waals surface area contributed by atoms with Crippen molar-refractivity contribution < 1.29 is 0 Å². The fourth-order valence-electron chi connectivity index (χ4n) is 3.14. The molecule has 2 heterocycles. The van der Waals surface area contributed by atoms with Crippen molar-refractivity contribution in [1.29, 1.82) is 0 Å². The molecular weight excluding hydrogens is 344 g/mol. The monoisotopic (exact) mass is 366 g/mol. The third-order valence-electron chi connectivity index (χ3n) is 4.86. The lowest BCUT2D eigenvalue weighted by atomic mass is 9.94. The summed E-state index contributed by atoms with van der Waals surface area (Å²) in [6.45, 7) is 5.31. The van der Waals surface area contributed by atoms with Gasteiger partial charge in [-0.1, -0.05) is 5.22 Å². The van der Waals surface area contributed by atoms with Gasteiger partial charge in [0.1, 0.15) is 0 Å². The number of piperidine rings is 1. The van der Waals surface area contributed by atoms with Crippen LogP contribution < -0.4 is 11.2 Å². The number of likely N-dealkylation sites (tertiary alicyclic amines) is 1. The van der Waals surface area contributed by atoms with Crippen LogP contribution in [0.1, 0.15) is 31.2 Å². The molecule has 1 aliphatic carbocycles. The molecular formula is C15H23BrN6. The molecule has 0 aromatic carbocycles. The maximum absolute atomic E-state index is 5.13. The predicted molar refractivity (Wildman–Crippen MR) is 89.7 cm³/mol. The van der Waals surface area contributed by atoms with Crippen LogP contribution in [0.15, 0.2) is 27.1 Å². The number of hydrogen-bond donors (Lipinski definition) is 2. The van der Waals surface area contributed by atoms with E-state index in [-0.39, 0.29) is 0 Å². The number of rotatable bonds is 6. The average molecular weight is 367 g/mol. The zero-order valence-corrected chi connectivity index (χ0v) is 14.3. The molecule has 1 spiro atoms. The predicted octanol–water partition coefficient (Wildman–Crippen LogP) is 2.77. The lowest BCUT2D eigenvalue weighted by Crippen LogP contribution is -2.38. The summed E-state index contributed by atoms with van der Waals surface area (Å²) in [6.07, 6.45) is 7.42. The van der Waals surface area contributed by atoms with Crippen LogP contribution in [0.2, 0.25) is 0 Å². The Balaban J connectivity index is 1.42. The van der Waals surface area contributed by atoms with E-state index in [1.807, 2.05) is 6.07 Å². The molecule has 120 valence electrons.